The first-order valence-corrected chi connectivity index (χ1v) is 12.3. The van der Waals surface area contributed by atoms with Crippen molar-refractivity contribution in [2.75, 3.05) is 26.7 Å². The Morgan fingerprint density at radius 1 is 1.26 bits per heavy atom. The zero-order valence-electron chi connectivity index (χ0n) is 20.2. The van der Waals surface area contributed by atoms with E-state index in [2.05, 4.69) is 4.98 Å². The average molecular weight is 522 g/mol. The van der Waals surface area contributed by atoms with Gasteiger partial charge in [-0.25, -0.2) is 0 Å². The Balaban J connectivity index is 1.63. The predicted octanol–water partition coefficient (Wildman–Crippen LogP) is 3.02. The summed E-state index contributed by atoms with van der Waals surface area (Å²) in [5.74, 6) is -0.676. The van der Waals surface area contributed by atoms with E-state index >= 15 is 0 Å². The number of fused-ring (bicyclic) bond motifs is 1. The van der Waals surface area contributed by atoms with E-state index in [1.165, 1.54) is 6.92 Å². The zero-order valence-corrected chi connectivity index (χ0v) is 21.7. The zero-order chi connectivity index (χ0) is 25.6. The Kier molecular flexibility index (Phi) is 7.29. The fourth-order valence-electron chi connectivity index (χ4n) is 5.01. The number of benzene rings is 1. The van der Waals surface area contributed by atoms with Gasteiger partial charge in [0.05, 0.1) is 23.2 Å². The number of aryl methyl sites for hydroxylation is 2. The second kappa shape index (κ2) is 9.93. The number of halogens is 2. The Labute approximate surface area is 213 Å². The van der Waals surface area contributed by atoms with Gasteiger partial charge >= 0.3 is 0 Å². The molecule has 1 saturated heterocycles. The highest BCUT2D eigenvalue weighted by Gasteiger charge is 2.40. The number of H-pyrrole nitrogens is 1. The summed E-state index contributed by atoms with van der Waals surface area (Å²) in [6.45, 7) is 6.51. The van der Waals surface area contributed by atoms with E-state index in [0.29, 0.717) is 53.3 Å². The molecule has 4 rings (SSSR count). The molecule has 2 aliphatic heterocycles. The van der Waals surface area contributed by atoms with Crippen LogP contribution >= 0.6 is 23.2 Å². The molecule has 0 spiro atoms. The maximum Gasteiger partial charge on any atom is 0.256 e. The number of aliphatic hydroxyl groups excluding tert-OH is 1. The number of aliphatic hydroxyl groups is 1. The molecule has 35 heavy (non-hydrogen) atoms. The quantitative estimate of drug-likeness (QED) is 0.608. The molecule has 2 aromatic rings. The van der Waals surface area contributed by atoms with Crippen LogP contribution < -0.4 is 5.56 Å². The Hall–Kier alpha value is -2.39. The SMILES string of the molecule is COC(c1cc(Cl)c2c(c1Cl)C(=O)N(Cc1c(C)cc(C)[nH]c1=O)CC2)C1CN(C(=O)[C@H](C)O)C1. The first-order valence-electron chi connectivity index (χ1n) is 11.5. The van der Waals surface area contributed by atoms with Gasteiger partial charge < -0.3 is 24.6 Å². The van der Waals surface area contributed by atoms with Crippen LogP contribution in [-0.2, 0) is 22.5 Å². The molecule has 0 saturated carbocycles. The number of nitrogens with one attached hydrogen (secondary N) is 1. The molecule has 3 heterocycles. The summed E-state index contributed by atoms with van der Waals surface area (Å²) in [5, 5.41) is 10.3. The number of rotatable bonds is 6. The molecule has 1 aromatic heterocycles. The van der Waals surface area contributed by atoms with Crippen LogP contribution in [0.1, 0.15) is 51.3 Å². The molecule has 1 unspecified atom stereocenters. The third-order valence-corrected chi connectivity index (χ3v) is 7.63. The minimum atomic E-state index is -1.06. The second-order valence-electron chi connectivity index (χ2n) is 9.37. The lowest BCUT2D eigenvalue weighted by Crippen LogP contribution is -2.54. The number of aromatic nitrogens is 1. The maximum absolute atomic E-state index is 13.6. The Morgan fingerprint density at radius 2 is 1.94 bits per heavy atom. The van der Waals surface area contributed by atoms with Gasteiger partial charge in [-0.15, -0.1) is 0 Å². The van der Waals surface area contributed by atoms with Gasteiger partial charge in [-0.2, -0.15) is 0 Å². The molecule has 2 aliphatic rings. The van der Waals surface area contributed by atoms with E-state index in [9.17, 15) is 19.5 Å². The minimum Gasteiger partial charge on any atom is -0.384 e. The summed E-state index contributed by atoms with van der Waals surface area (Å²) in [5.41, 5.74) is 3.53. The first kappa shape index (κ1) is 25.7. The Bertz CT molecular complexity index is 1240. The van der Waals surface area contributed by atoms with Crippen LogP contribution in [0.5, 0.6) is 0 Å². The number of hydrogen-bond acceptors (Lipinski definition) is 5. The summed E-state index contributed by atoms with van der Waals surface area (Å²) in [4.78, 5) is 44.1. The number of hydrogen-bond donors (Lipinski definition) is 2. The normalized spacial score (nSPS) is 17.7. The number of ether oxygens (including phenoxy) is 1. The van der Waals surface area contributed by atoms with Crippen molar-refractivity contribution >= 4 is 35.0 Å². The molecular formula is C25H29Cl2N3O5. The van der Waals surface area contributed by atoms with Gasteiger partial charge in [0.25, 0.3) is 17.4 Å². The molecule has 8 nitrogen and oxygen atoms in total. The summed E-state index contributed by atoms with van der Waals surface area (Å²) in [7, 11) is 1.55. The number of pyridine rings is 1. The lowest BCUT2D eigenvalue weighted by molar-refractivity contribution is -0.149. The van der Waals surface area contributed by atoms with Crippen LogP contribution in [0.2, 0.25) is 10.0 Å². The monoisotopic (exact) mass is 521 g/mol. The van der Waals surface area contributed by atoms with E-state index < -0.39 is 12.2 Å². The molecule has 0 bridgehead atoms. The molecule has 2 N–H and O–H groups in total. The minimum absolute atomic E-state index is 0.0575. The van der Waals surface area contributed by atoms with Crippen molar-refractivity contribution in [2.45, 2.75) is 45.9 Å². The second-order valence-corrected chi connectivity index (χ2v) is 10.2. The van der Waals surface area contributed by atoms with Gasteiger partial charge in [-0.05, 0) is 50.5 Å². The van der Waals surface area contributed by atoms with Gasteiger partial charge in [-0.1, -0.05) is 23.2 Å². The fraction of sp³-hybridized carbons (Fsp3) is 0.480. The lowest BCUT2D eigenvalue weighted by atomic mass is 9.86. The highest BCUT2D eigenvalue weighted by molar-refractivity contribution is 6.37. The third kappa shape index (κ3) is 4.72. The fourth-order valence-corrected chi connectivity index (χ4v) is 5.67. The van der Waals surface area contributed by atoms with Gasteiger partial charge in [-0.3, -0.25) is 14.4 Å². The van der Waals surface area contributed by atoms with Crippen molar-refractivity contribution in [3.63, 3.8) is 0 Å². The standard InChI is InChI=1S/C25H29Cl2N3O5/c1-12-7-13(2)28-23(32)18(12)11-29-6-5-16-19(26)8-17(21(27)20(16)25(29)34)22(35-4)15-9-30(10-15)24(33)14(3)31/h7-8,14-15,22,31H,5-6,9-11H2,1-4H3,(H,28,32)/t14-,22?/m0/s1. The topological polar surface area (TPSA) is 103 Å². The van der Waals surface area contributed by atoms with E-state index in [0.717, 1.165) is 11.3 Å². The van der Waals surface area contributed by atoms with E-state index in [-0.39, 0.29) is 34.9 Å². The molecule has 1 aromatic carbocycles. The summed E-state index contributed by atoms with van der Waals surface area (Å²) < 4.78 is 5.74. The maximum atomic E-state index is 13.6. The summed E-state index contributed by atoms with van der Waals surface area (Å²) in [6, 6.07) is 3.63. The number of aromatic amines is 1. The van der Waals surface area contributed by atoms with E-state index in [4.69, 9.17) is 27.9 Å². The average Bonchev–Trinajstić information content (AvgIpc) is 2.76. The molecule has 2 amide bonds. The smallest absolute Gasteiger partial charge is 0.256 e. The van der Waals surface area contributed by atoms with Crippen molar-refractivity contribution in [3.05, 3.63) is 66.0 Å². The highest BCUT2D eigenvalue weighted by Crippen LogP contribution is 2.42. The molecule has 0 aliphatic carbocycles. The largest absolute Gasteiger partial charge is 0.384 e. The highest BCUT2D eigenvalue weighted by atomic mass is 35.5. The number of amides is 2. The number of carbonyl (C=O) groups excluding carboxylic acids is 2. The summed E-state index contributed by atoms with van der Waals surface area (Å²) >= 11 is 13.4. The van der Waals surface area contributed by atoms with Crippen molar-refractivity contribution in [2.24, 2.45) is 5.92 Å². The van der Waals surface area contributed by atoms with Gasteiger partial charge in [0.2, 0.25) is 0 Å². The molecule has 10 heteroatoms. The first-order chi connectivity index (χ1) is 16.5. The number of likely N-dealkylation sites (tertiary alicyclic amines) is 1. The molecule has 1 fully saturated rings. The van der Waals surface area contributed by atoms with Crippen molar-refractivity contribution in [1.82, 2.24) is 14.8 Å². The molecule has 0 radical (unpaired) electrons. The van der Waals surface area contributed by atoms with Crippen LogP contribution in [0, 0.1) is 19.8 Å². The van der Waals surface area contributed by atoms with Crippen LogP contribution in [-0.4, -0.2) is 64.6 Å². The molecule has 2 atom stereocenters. The number of nitrogens with zero attached hydrogens (tertiary/aromatic N) is 2. The Morgan fingerprint density at radius 3 is 2.54 bits per heavy atom. The number of carbonyl (C=O) groups is 2. The van der Waals surface area contributed by atoms with Gasteiger partial charge in [0.1, 0.15) is 6.10 Å². The van der Waals surface area contributed by atoms with Gasteiger partial charge in [0, 0.05) is 54.5 Å². The van der Waals surface area contributed by atoms with Crippen LogP contribution in [0.25, 0.3) is 0 Å². The van der Waals surface area contributed by atoms with Crippen molar-refractivity contribution in [3.8, 4) is 0 Å². The van der Waals surface area contributed by atoms with Crippen LogP contribution in [0.4, 0.5) is 0 Å². The number of methoxy groups -OCH3 is 1. The van der Waals surface area contributed by atoms with E-state index in [1.54, 1.807) is 23.0 Å². The van der Waals surface area contributed by atoms with Crippen molar-refractivity contribution in [1.29, 1.82) is 0 Å². The third-order valence-electron chi connectivity index (χ3n) is 6.89. The summed E-state index contributed by atoms with van der Waals surface area (Å²) in [6.07, 6.45) is -1.03. The van der Waals surface area contributed by atoms with Crippen molar-refractivity contribution < 1.29 is 19.4 Å². The van der Waals surface area contributed by atoms with Gasteiger partial charge in [0.15, 0.2) is 0 Å². The molecule has 188 valence electrons. The van der Waals surface area contributed by atoms with E-state index in [1.807, 2.05) is 19.9 Å². The van der Waals surface area contributed by atoms with Crippen LogP contribution in [0.3, 0.4) is 0 Å². The predicted molar refractivity (Wildman–Crippen MR) is 133 cm³/mol. The molecular weight excluding hydrogens is 493 g/mol. The lowest BCUT2D eigenvalue weighted by Gasteiger charge is -2.44. The van der Waals surface area contributed by atoms with Crippen LogP contribution in [0.15, 0.2) is 16.9 Å².